The summed E-state index contributed by atoms with van der Waals surface area (Å²) in [5.41, 5.74) is 3.46. The van der Waals surface area contributed by atoms with Crippen LogP contribution < -0.4 is 0 Å². The van der Waals surface area contributed by atoms with Crippen molar-refractivity contribution >= 4 is 21.8 Å². The molecule has 4 rings (SSSR count). The zero-order valence-electron chi connectivity index (χ0n) is 12.0. The van der Waals surface area contributed by atoms with Gasteiger partial charge in [0.1, 0.15) is 5.82 Å². The number of rotatable bonds is 2. The maximum absolute atomic E-state index is 4.94. The lowest BCUT2D eigenvalue weighted by atomic mass is 10.1. The maximum Gasteiger partial charge on any atom is 0.141 e. The molecule has 4 aromatic rings. The lowest BCUT2D eigenvalue weighted by Gasteiger charge is -2.06. The van der Waals surface area contributed by atoms with Crippen molar-refractivity contribution in [3.8, 4) is 11.4 Å². The monoisotopic (exact) mass is 272 g/mol. The summed E-state index contributed by atoms with van der Waals surface area (Å²) in [4.78, 5) is 4.94. The first-order chi connectivity index (χ1) is 10.4. The fraction of sp³-hybridized carbons (Fsp3) is 0.105. The van der Waals surface area contributed by atoms with E-state index >= 15 is 0 Å². The molecule has 0 radical (unpaired) electrons. The van der Waals surface area contributed by atoms with Crippen molar-refractivity contribution in [3.05, 3.63) is 66.7 Å². The Balaban J connectivity index is 2.11. The number of imidazole rings is 1. The summed E-state index contributed by atoms with van der Waals surface area (Å²) in [7, 11) is 0. The van der Waals surface area contributed by atoms with Crippen LogP contribution in [-0.4, -0.2) is 9.55 Å². The van der Waals surface area contributed by atoms with Crippen LogP contribution in [0, 0.1) is 0 Å². The summed E-state index contributed by atoms with van der Waals surface area (Å²) in [6.07, 6.45) is 0. The van der Waals surface area contributed by atoms with Gasteiger partial charge in [-0.25, -0.2) is 4.98 Å². The van der Waals surface area contributed by atoms with E-state index in [1.165, 1.54) is 21.9 Å². The van der Waals surface area contributed by atoms with Gasteiger partial charge < -0.3 is 4.57 Å². The Morgan fingerprint density at radius 2 is 1.62 bits per heavy atom. The SMILES string of the molecule is CCn1c(-c2ccccc2)nc2c3ccccc3ccc21. The molecule has 0 aliphatic rings. The van der Waals surface area contributed by atoms with Crippen molar-refractivity contribution < 1.29 is 0 Å². The second-order valence-corrected chi connectivity index (χ2v) is 5.20. The molecule has 3 aromatic carbocycles. The van der Waals surface area contributed by atoms with Crippen LogP contribution in [0.5, 0.6) is 0 Å². The van der Waals surface area contributed by atoms with E-state index in [1.54, 1.807) is 0 Å². The van der Waals surface area contributed by atoms with E-state index in [0.29, 0.717) is 0 Å². The number of aryl methyl sites for hydroxylation is 1. The Labute approximate surface area is 123 Å². The highest BCUT2D eigenvalue weighted by atomic mass is 15.1. The topological polar surface area (TPSA) is 17.8 Å². The molecule has 2 heteroatoms. The average molecular weight is 272 g/mol. The molecule has 0 unspecified atom stereocenters. The van der Waals surface area contributed by atoms with E-state index in [2.05, 4.69) is 72.2 Å². The third-order valence-electron chi connectivity index (χ3n) is 3.99. The molecule has 0 fully saturated rings. The van der Waals surface area contributed by atoms with Gasteiger partial charge >= 0.3 is 0 Å². The van der Waals surface area contributed by atoms with Gasteiger partial charge in [-0.2, -0.15) is 0 Å². The van der Waals surface area contributed by atoms with Gasteiger partial charge in [0.25, 0.3) is 0 Å². The predicted molar refractivity (Wildman–Crippen MR) is 88.3 cm³/mol. The summed E-state index contributed by atoms with van der Waals surface area (Å²) in [5, 5.41) is 2.46. The number of fused-ring (bicyclic) bond motifs is 3. The van der Waals surface area contributed by atoms with Gasteiger partial charge in [0.15, 0.2) is 0 Å². The molecule has 0 aliphatic heterocycles. The summed E-state index contributed by atoms with van der Waals surface area (Å²) in [6, 6.07) is 23.2. The third kappa shape index (κ3) is 1.83. The lowest BCUT2D eigenvalue weighted by Crippen LogP contribution is -1.97. The Morgan fingerprint density at radius 3 is 2.43 bits per heavy atom. The zero-order chi connectivity index (χ0) is 14.2. The maximum atomic E-state index is 4.94. The Kier molecular flexibility index (Phi) is 2.74. The molecule has 21 heavy (non-hydrogen) atoms. The van der Waals surface area contributed by atoms with Crippen molar-refractivity contribution in [2.24, 2.45) is 0 Å². The summed E-state index contributed by atoms with van der Waals surface area (Å²) >= 11 is 0. The highest BCUT2D eigenvalue weighted by molar-refractivity contribution is 6.05. The van der Waals surface area contributed by atoms with Gasteiger partial charge in [-0.3, -0.25) is 0 Å². The Hall–Kier alpha value is -2.61. The molecule has 102 valence electrons. The van der Waals surface area contributed by atoms with Crippen molar-refractivity contribution in [1.29, 1.82) is 0 Å². The van der Waals surface area contributed by atoms with E-state index in [1.807, 2.05) is 6.07 Å². The minimum absolute atomic E-state index is 0.916. The number of hydrogen-bond donors (Lipinski definition) is 0. The first-order valence-corrected chi connectivity index (χ1v) is 7.32. The van der Waals surface area contributed by atoms with Gasteiger partial charge in [0, 0.05) is 17.5 Å². The van der Waals surface area contributed by atoms with E-state index in [-0.39, 0.29) is 0 Å². The first kappa shape index (κ1) is 12.2. The number of benzene rings is 3. The smallest absolute Gasteiger partial charge is 0.141 e. The highest BCUT2D eigenvalue weighted by Crippen LogP contribution is 2.29. The molecule has 0 amide bonds. The molecular weight excluding hydrogens is 256 g/mol. The van der Waals surface area contributed by atoms with Crippen LogP contribution in [0.3, 0.4) is 0 Å². The van der Waals surface area contributed by atoms with E-state index in [0.717, 1.165) is 17.9 Å². The standard InChI is InChI=1S/C19H16N2/c1-2-21-17-13-12-14-8-6-7-11-16(14)18(17)20-19(21)15-9-4-3-5-10-15/h3-13H,2H2,1H3. The quantitative estimate of drug-likeness (QED) is 0.508. The van der Waals surface area contributed by atoms with Crippen LogP contribution in [0.1, 0.15) is 6.92 Å². The first-order valence-electron chi connectivity index (χ1n) is 7.32. The number of aromatic nitrogens is 2. The molecule has 1 aromatic heterocycles. The Bertz CT molecular complexity index is 920. The molecule has 0 spiro atoms. The van der Waals surface area contributed by atoms with Gasteiger partial charge in [0.05, 0.1) is 11.0 Å². The average Bonchev–Trinajstić information content (AvgIpc) is 2.94. The molecule has 0 saturated carbocycles. The van der Waals surface area contributed by atoms with Crippen LogP contribution in [0.4, 0.5) is 0 Å². The fourth-order valence-electron chi connectivity index (χ4n) is 2.99. The van der Waals surface area contributed by atoms with E-state index in [9.17, 15) is 0 Å². The number of nitrogens with zero attached hydrogens (tertiary/aromatic N) is 2. The van der Waals surface area contributed by atoms with Gasteiger partial charge in [-0.15, -0.1) is 0 Å². The highest BCUT2D eigenvalue weighted by Gasteiger charge is 2.13. The summed E-state index contributed by atoms with van der Waals surface area (Å²) in [6.45, 7) is 3.09. The molecule has 0 saturated heterocycles. The Morgan fingerprint density at radius 1 is 0.857 bits per heavy atom. The minimum Gasteiger partial charge on any atom is -0.324 e. The van der Waals surface area contributed by atoms with Crippen LogP contribution >= 0.6 is 0 Å². The second kappa shape index (κ2) is 4.74. The van der Waals surface area contributed by atoms with Gasteiger partial charge in [-0.1, -0.05) is 60.7 Å². The molecule has 0 bridgehead atoms. The molecule has 2 nitrogen and oxygen atoms in total. The summed E-state index contributed by atoms with van der Waals surface area (Å²) in [5.74, 6) is 1.05. The predicted octanol–water partition coefficient (Wildman–Crippen LogP) is 4.88. The van der Waals surface area contributed by atoms with E-state index < -0.39 is 0 Å². The minimum atomic E-state index is 0.916. The molecular formula is C19H16N2. The van der Waals surface area contributed by atoms with E-state index in [4.69, 9.17) is 4.98 Å². The molecule has 0 aliphatic carbocycles. The lowest BCUT2D eigenvalue weighted by molar-refractivity contribution is 0.796. The molecule has 0 atom stereocenters. The van der Waals surface area contributed by atoms with Gasteiger partial charge in [0.2, 0.25) is 0 Å². The third-order valence-corrected chi connectivity index (χ3v) is 3.99. The van der Waals surface area contributed by atoms with Crippen LogP contribution in [0.15, 0.2) is 66.7 Å². The molecule has 1 heterocycles. The van der Waals surface area contributed by atoms with Crippen LogP contribution in [-0.2, 0) is 6.54 Å². The van der Waals surface area contributed by atoms with Crippen molar-refractivity contribution in [3.63, 3.8) is 0 Å². The second-order valence-electron chi connectivity index (χ2n) is 5.20. The summed E-state index contributed by atoms with van der Waals surface area (Å²) < 4.78 is 2.29. The van der Waals surface area contributed by atoms with Crippen LogP contribution in [0.25, 0.3) is 33.2 Å². The van der Waals surface area contributed by atoms with Gasteiger partial charge in [-0.05, 0) is 18.4 Å². The largest absolute Gasteiger partial charge is 0.324 e. The normalized spacial score (nSPS) is 11.3. The fourth-order valence-corrected chi connectivity index (χ4v) is 2.99. The zero-order valence-corrected chi connectivity index (χ0v) is 12.0. The van der Waals surface area contributed by atoms with Crippen molar-refractivity contribution in [1.82, 2.24) is 9.55 Å². The van der Waals surface area contributed by atoms with Crippen molar-refractivity contribution in [2.45, 2.75) is 13.5 Å². The molecule has 0 N–H and O–H groups in total. The van der Waals surface area contributed by atoms with Crippen molar-refractivity contribution in [2.75, 3.05) is 0 Å². The number of hydrogen-bond acceptors (Lipinski definition) is 1. The van der Waals surface area contributed by atoms with Crippen LogP contribution in [0.2, 0.25) is 0 Å².